The van der Waals surface area contributed by atoms with Crippen LogP contribution < -0.4 is 10.1 Å². The fraction of sp³-hybridized carbons (Fsp3) is 0.560. The third-order valence-corrected chi connectivity index (χ3v) is 7.35. The van der Waals surface area contributed by atoms with E-state index in [0.29, 0.717) is 13.1 Å². The molecule has 5 nitrogen and oxygen atoms in total. The number of carbonyl (C=O) groups is 1. The summed E-state index contributed by atoms with van der Waals surface area (Å²) in [4.78, 5) is 18.4. The van der Waals surface area contributed by atoms with Crippen LogP contribution in [-0.2, 0) is 19.4 Å². The summed E-state index contributed by atoms with van der Waals surface area (Å²) in [7, 11) is 0. The molecule has 1 N–H and O–H groups in total. The van der Waals surface area contributed by atoms with Crippen molar-refractivity contribution >= 4 is 17.4 Å². The molecule has 3 heterocycles. The number of hydrogen-bond donors (Lipinski definition) is 1. The standard InChI is InChI=1S/C25H35N3O2S/c29-25(26-13-7-11-21-9-3-1-4-10-21)28-17-12-23-22(20-28)19-24(31-23)30-18-8-16-27-14-5-2-6-15-27/h1,3-4,9-10,19H,2,5-8,11-18,20H2,(H,26,29). The van der Waals surface area contributed by atoms with Crippen molar-refractivity contribution in [1.82, 2.24) is 15.1 Å². The number of fused-ring (bicyclic) bond motifs is 1. The zero-order chi connectivity index (χ0) is 21.3. The van der Waals surface area contributed by atoms with Gasteiger partial charge in [0.2, 0.25) is 0 Å². The second-order valence-corrected chi connectivity index (χ2v) is 9.71. The summed E-state index contributed by atoms with van der Waals surface area (Å²) in [5, 5.41) is 4.10. The van der Waals surface area contributed by atoms with Crippen LogP contribution >= 0.6 is 11.3 Å². The molecule has 0 aliphatic carbocycles. The SMILES string of the molecule is O=C(NCCCc1ccccc1)N1CCc2sc(OCCCN3CCCCC3)cc2C1. The highest BCUT2D eigenvalue weighted by molar-refractivity contribution is 7.14. The van der Waals surface area contributed by atoms with Gasteiger partial charge in [0, 0.05) is 31.1 Å². The largest absolute Gasteiger partial charge is 0.484 e. The first-order chi connectivity index (χ1) is 15.3. The monoisotopic (exact) mass is 441 g/mol. The minimum atomic E-state index is 0.0499. The first kappa shape index (κ1) is 22.2. The van der Waals surface area contributed by atoms with E-state index in [0.717, 1.165) is 50.4 Å². The van der Waals surface area contributed by atoms with Crippen LogP contribution in [0.15, 0.2) is 36.4 Å². The molecule has 0 unspecified atom stereocenters. The molecule has 1 saturated heterocycles. The summed E-state index contributed by atoms with van der Waals surface area (Å²) < 4.78 is 6.04. The molecular weight excluding hydrogens is 406 g/mol. The van der Waals surface area contributed by atoms with E-state index in [1.54, 1.807) is 11.3 Å². The van der Waals surface area contributed by atoms with Crippen LogP contribution in [0.3, 0.4) is 0 Å². The molecule has 1 aromatic carbocycles. The zero-order valence-electron chi connectivity index (χ0n) is 18.5. The Morgan fingerprint density at radius 2 is 1.90 bits per heavy atom. The molecule has 31 heavy (non-hydrogen) atoms. The highest BCUT2D eigenvalue weighted by Crippen LogP contribution is 2.33. The van der Waals surface area contributed by atoms with Crippen molar-refractivity contribution in [3.8, 4) is 5.06 Å². The molecular formula is C25H35N3O2S. The molecule has 0 spiro atoms. The number of ether oxygens (including phenoxy) is 1. The first-order valence-electron chi connectivity index (χ1n) is 11.8. The highest BCUT2D eigenvalue weighted by Gasteiger charge is 2.23. The summed E-state index contributed by atoms with van der Waals surface area (Å²) in [6, 6.07) is 12.6. The summed E-state index contributed by atoms with van der Waals surface area (Å²) >= 11 is 1.76. The average molecular weight is 442 g/mol. The average Bonchev–Trinajstić information content (AvgIpc) is 3.23. The molecule has 1 fully saturated rings. The number of benzene rings is 1. The molecule has 1 aromatic heterocycles. The fourth-order valence-electron chi connectivity index (χ4n) is 4.44. The van der Waals surface area contributed by atoms with Crippen molar-refractivity contribution < 1.29 is 9.53 Å². The molecule has 2 aliphatic rings. The van der Waals surface area contributed by atoms with E-state index in [-0.39, 0.29) is 6.03 Å². The van der Waals surface area contributed by atoms with Crippen LogP contribution in [0.25, 0.3) is 0 Å². The summed E-state index contributed by atoms with van der Waals surface area (Å²) in [5.74, 6) is 0. The van der Waals surface area contributed by atoms with E-state index in [4.69, 9.17) is 4.74 Å². The van der Waals surface area contributed by atoms with Crippen molar-refractivity contribution in [3.63, 3.8) is 0 Å². The van der Waals surface area contributed by atoms with Gasteiger partial charge < -0.3 is 19.9 Å². The van der Waals surface area contributed by atoms with E-state index in [1.807, 2.05) is 11.0 Å². The molecule has 2 amide bonds. The fourth-order valence-corrected chi connectivity index (χ4v) is 5.47. The topological polar surface area (TPSA) is 44.8 Å². The lowest BCUT2D eigenvalue weighted by Gasteiger charge is -2.27. The van der Waals surface area contributed by atoms with Crippen LogP contribution in [0.2, 0.25) is 0 Å². The number of amides is 2. The van der Waals surface area contributed by atoms with Crippen LogP contribution in [0.5, 0.6) is 5.06 Å². The number of carbonyl (C=O) groups excluding carboxylic acids is 1. The lowest BCUT2D eigenvalue weighted by atomic mass is 10.1. The van der Waals surface area contributed by atoms with Crippen molar-refractivity contribution in [1.29, 1.82) is 0 Å². The predicted molar refractivity (Wildman–Crippen MR) is 127 cm³/mol. The predicted octanol–water partition coefficient (Wildman–Crippen LogP) is 4.70. The Hall–Kier alpha value is -2.05. The summed E-state index contributed by atoms with van der Waals surface area (Å²) in [5.41, 5.74) is 2.57. The van der Waals surface area contributed by atoms with Gasteiger partial charge in [0.1, 0.15) is 0 Å². The molecule has 0 radical (unpaired) electrons. The van der Waals surface area contributed by atoms with Gasteiger partial charge in [0.25, 0.3) is 0 Å². The Kier molecular flexibility index (Phi) is 8.24. The molecule has 2 aromatic rings. The number of rotatable bonds is 9. The Bertz CT molecular complexity index is 817. The minimum absolute atomic E-state index is 0.0499. The van der Waals surface area contributed by atoms with Crippen LogP contribution in [0.4, 0.5) is 4.79 Å². The minimum Gasteiger partial charge on any atom is -0.484 e. The summed E-state index contributed by atoms with van der Waals surface area (Å²) in [6.45, 7) is 6.60. The lowest BCUT2D eigenvalue weighted by molar-refractivity contribution is 0.192. The normalized spacial score (nSPS) is 16.7. The van der Waals surface area contributed by atoms with Crippen LogP contribution in [0.1, 0.15) is 48.1 Å². The number of nitrogens with one attached hydrogen (secondary N) is 1. The van der Waals surface area contributed by atoms with E-state index >= 15 is 0 Å². The maximum atomic E-state index is 12.6. The Balaban J connectivity index is 1.15. The van der Waals surface area contributed by atoms with Crippen molar-refractivity contribution in [2.45, 2.75) is 51.5 Å². The van der Waals surface area contributed by atoms with Crippen molar-refractivity contribution in [2.75, 3.05) is 39.3 Å². The zero-order valence-corrected chi connectivity index (χ0v) is 19.3. The number of piperidine rings is 1. The first-order valence-corrected chi connectivity index (χ1v) is 12.6. The van der Waals surface area contributed by atoms with Crippen LogP contribution in [0, 0.1) is 0 Å². The van der Waals surface area contributed by atoms with Gasteiger partial charge >= 0.3 is 6.03 Å². The number of hydrogen-bond acceptors (Lipinski definition) is 4. The van der Waals surface area contributed by atoms with Gasteiger partial charge in [-0.15, -0.1) is 11.3 Å². The number of urea groups is 1. The number of nitrogens with zero attached hydrogens (tertiary/aromatic N) is 2. The van der Waals surface area contributed by atoms with E-state index in [2.05, 4.69) is 40.5 Å². The van der Waals surface area contributed by atoms with Gasteiger partial charge in [-0.05, 0) is 68.8 Å². The summed E-state index contributed by atoms with van der Waals surface area (Å²) in [6.07, 6.45) is 8.04. The molecule has 4 rings (SSSR count). The molecule has 6 heteroatoms. The van der Waals surface area contributed by atoms with Crippen molar-refractivity contribution in [3.05, 3.63) is 52.4 Å². The second-order valence-electron chi connectivity index (χ2n) is 8.61. The molecule has 2 aliphatic heterocycles. The molecule has 168 valence electrons. The van der Waals surface area contributed by atoms with E-state index < -0.39 is 0 Å². The van der Waals surface area contributed by atoms with Crippen LogP contribution in [-0.4, -0.2) is 55.2 Å². The number of thiophene rings is 1. The maximum absolute atomic E-state index is 12.6. The third kappa shape index (κ3) is 6.71. The second kappa shape index (κ2) is 11.5. The van der Waals surface area contributed by atoms with Crippen molar-refractivity contribution in [2.24, 2.45) is 0 Å². The third-order valence-electron chi connectivity index (χ3n) is 6.20. The molecule has 0 atom stereocenters. The van der Waals surface area contributed by atoms with Gasteiger partial charge in [0.05, 0.1) is 6.61 Å². The quantitative estimate of drug-likeness (QED) is 0.574. The lowest BCUT2D eigenvalue weighted by Crippen LogP contribution is -2.42. The number of aryl methyl sites for hydroxylation is 1. The molecule has 0 bridgehead atoms. The smallest absolute Gasteiger partial charge is 0.317 e. The maximum Gasteiger partial charge on any atom is 0.317 e. The number of likely N-dealkylation sites (tertiary alicyclic amines) is 1. The van der Waals surface area contributed by atoms with Gasteiger partial charge in [-0.25, -0.2) is 4.79 Å². The van der Waals surface area contributed by atoms with E-state index in [1.165, 1.54) is 48.4 Å². The molecule has 0 saturated carbocycles. The van der Waals surface area contributed by atoms with Gasteiger partial charge in [-0.2, -0.15) is 0 Å². The Labute approximate surface area is 190 Å². The van der Waals surface area contributed by atoms with Gasteiger partial charge in [-0.3, -0.25) is 0 Å². The van der Waals surface area contributed by atoms with Gasteiger partial charge in [0.15, 0.2) is 5.06 Å². The Morgan fingerprint density at radius 1 is 1.06 bits per heavy atom. The Morgan fingerprint density at radius 3 is 2.74 bits per heavy atom. The van der Waals surface area contributed by atoms with Gasteiger partial charge in [-0.1, -0.05) is 36.8 Å². The van der Waals surface area contributed by atoms with E-state index in [9.17, 15) is 4.79 Å². The highest BCUT2D eigenvalue weighted by atomic mass is 32.1.